The van der Waals surface area contributed by atoms with Crippen molar-refractivity contribution in [2.24, 2.45) is 0 Å². The first-order valence-electron chi connectivity index (χ1n) is 4.65. The Balaban J connectivity index is 2.34. The molecule has 0 atom stereocenters. The van der Waals surface area contributed by atoms with E-state index >= 15 is 0 Å². The van der Waals surface area contributed by atoms with Crippen LogP contribution in [0.25, 0.3) is 0 Å². The van der Waals surface area contributed by atoms with E-state index in [1.165, 1.54) is 0 Å². The summed E-state index contributed by atoms with van der Waals surface area (Å²) in [5.74, 6) is -0.200. The molecule has 0 radical (unpaired) electrons. The summed E-state index contributed by atoms with van der Waals surface area (Å²) in [4.78, 5) is 11.3. The molecular formula is C10H16O3. The van der Waals surface area contributed by atoms with Gasteiger partial charge in [-0.25, -0.2) is 4.79 Å². The number of carbonyl (C=O) groups excluding carboxylic acids is 1. The number of hydrogen-bond donors (Lipinski definition) is 0. The molecule has 1 aliphatic rings. The van der Waals surface area contributed by atoms with Crippen LogP contribution in [0.3, 0.4) is 0 Å². The average Bonchev–Trinajstić information content (AvgIpc) is 2.18. The van der Waals surface area contributed by atoms with Crippen molar-refractivity contribution in [2.45, 2.75) is 32.8 Å². The lowest BCUT2D eigenvalue weighted by molar-refractivity contribution is -0.148. The molecule has 0 aliphatic carbocycles. The highest BCUT2D eigenvalue weighted by Gasteiger charge is 2.18. The molecule has 0 N–H and O–H groups in total. The highest BCUT2D eigenvalue weighted by molar-refractivity contribution is 5.87. The molecule has 0 aromatic rings. The van der Waals surface area contributed by atoms with E-state index in [0.29, 0.717) is 18.8 Å². The average molecular weight is 184 g/mol. The summed E-state index contributed by atoms with van der Waals surface area (Å²) >= 11 is 0. The summed E-state index contributed by atoms with van der Waals surface area (Å²) in [7, 11) is 0. The van der Waals surface area contributed by atoms with Gasteiger partial charge < -0.3 is 9.47 Å². The summed E-state index contributed by atoms with van der Waals surface area (Å²) in [6, 6.07) is 0. The molecule has 1 saturated heterocycles. The predicted octanol–water partition coefficient (Wildman–Crippen LogP) is 1.67. The van der Waals surface area contributed by atoms with E-state index < -0.39 is 0 Å². The van der Waals surface area contributed by atoms with Crippen molar-refractivity contribution in [1.82, 2.24) is 0 Å². The first-order chi connectivity index (χ1) is 6.24. The van der Waals surface area contributed by atoms with Gasteiger partial charge in [-0.15, -0.1) is 0 Å². The topological polar surface area (TPSA) is 35.5 Å². The van der Waals surface area contributed by atoms with Crippen molar-refractivity contribution in [3.8, 4) is 0 Å². The fourth-order valence-electron chi connectivity index (χ4n) is 1.16. The Morgan fingerprint density at radius 2 is 2.08 bits per heavy atom. The molecule has 0 aromatic carbocycles. The van der Waals surface area contributed by atoms with Gasteiger partial charge in [0.1, 0.15) is 6.10 Å². The van der Waals surface area contributed by atoms with Gasteiger partial charge in [0.05, 0.1) is 13.2 Å². The minimum absolute atomic E-state index is 0.0520. The summed E-state index contributed by atoms with van der Waals surface area (Å²) in [6.07, 6.45) is 3.46. The number of carbonyl (C=O) groups is 1. The van der Waals surface area contributed by atoms with Crippen LogP contribution in [0.15, 0.2) is 11.6 Å². The molecule has 0 saturated carbocycles. The molecular weight excluding hydrogens is 168 g/mol. The molecule has 1 rings (SSSR count). The van der Waals surface area contributed by atoms with E-state index in [2.05, 4.69) is 0 Å². The van der Waals surface area contributed by atoms with Crippen LogP contribution in [0.1, 0.15) is 26.7 Å². The van der Waals surface area contributed by atoms with Gasteiger partial charge in [-0.05, 0) is 13.8 Å². The van der Waals surface area contributed by atoms with Crippen LogP contribution < -0.4 is 0 Å². The molecule has 0 bridgehead atoms. The minimum Gasteiger partial charge on any atom is -0.459 e. The third kappa shape index (κ3) is 3.19. The molecule has 0 unspecified atom stereocenters. The number of rotatable bonds is 2. The second-order valence-corrected chi connectivity index (χ2v) is 3.19. The van der Waals surface area contributed by atoms with E-state index in [1.807, 2.05) is 6.92 Å². The van der Waals surface area contributed by atoms with E-state index in [4.69, 9.17) is 9.47 Å². The van der Waals surface area contributed by atoms with Crippen molar-refractivity contribution in [3.63, 3.8) is 0 Å². The normalized spacial score (nSPS) is 20.0. The lowest BCUT2D eigenvalue weighted by Gasteiger charge is -2.22. The number of allylic oxidation sites excluding steroid dienone is 1. The number of hydrogen-bond acceptors (Lipinski definition) is 3. The Morgan fingerprint density at radius 3 is 2.62 bits per heavy atom. The monoisotopic (exact) mass is 184 g/mol. The molecule has 0 spiro atoms. The van der Waals surface area contributed by atoms with Gasteiger partial charge in [-0.1, -0.05) is 6.08 Å². The fourth-order valence-corrected chi connectivity index (χ4v) is 1.16. The van der Waals surface area contributed by atoms with E-state index in [0.717, 1.165) is 12.8 Å². The maximum Gasteiger partial charge on any atom is 0.333 e. The first-order valence-corrected chi connectivity index (χ1v) is 4.65. The Morgan fingerprint density at radius 1 is 1.46 bits per heavy atom. The minimum atomic E-state index is -0.200. The van der Waals surface area contributed by atoms with Crippen LogP contribution in [0.5, 0.6) is 0 Å². The summed E-state index contributed by atoms with van der Waals surface area (Å²) in [5, 5.41) is 0. The van der Waals surface area contributed by atoms with E-state index in [9.17, 15) is 4.79 Å². The van der Waals surface area contributed by atoms with Gasteiger partial charge in [0.15, 0.2) is 0 Å². The molecule has 13 heavy (non-hydrogen) atoms. The first kappa shape index (κ1) is 10.3. The van der Waals surface area contributed by atoms with Gasteiger partial charge >= 0.3 is 5.97 Å². The second kappa shape index (κ2) is 5.02. The van der Waals surface area contributed by atoms with E-state index in [-0.39, 0.29) is 12.1 Å². The molecule has 1 aliphatic heterocycles. The van der Waals surface area contributed by atoms with Gasteiger partial charge in [0.2, 0.25) is 0 Å². The molecule has 0 aromatic heterocycles. The summed E-state index contributed by atoms with van der Waals surface area (Å²) in [6.45, 7) is 5.00. The van der Waals surface area contributed by atoms with Crippen molar-refractivity contribution >= 4 is 5.97 Å². The highest BCUT2D eigenvalue weighted by atomic mass is 16.6. The molecule has 3 nitrogen and oxygen atoms in total. The van der Waals surface area contributed by atoms with Gasteiger partial charge in [0, 0.05) is 18.4 Å². The molecule has 3 heteroatoms. The fraction of sp³-hybridized carbons (Fsp3) is 0.700. The van der Waals surface area contributed by atoms with Crippen molar-refractivity contribution in [3.05, 3.63) is 11.6 Å². The van der Waals surface area contributed by atoms with Crippen LogP contribution in [0.4, 0.5) is 0 Å². The third-order valence-electron chi connectivity index (χ3n) is 2.20. The second-order valence-electron chi connectivity index (χ2n) is 3.19. The Hall–Kier alpha value is -0.830. The summed E-state index contributed by atoms with van der Waals surface area (Å²) < 4.78 is 10.4. The zero-order valence-corrected chi connectivity index (χ0v) is 8.21. The third-order valence-corrected chi connectivity index (χ3v) is 2.20. The number of ether oxygens (including phenoxy) is 2. The van der Waals surface area contributed by atoms with E-state index in [1.54, 1.807) is 13.0 Å². The van der Waals surface area contributed by atoms with Gasteiger partial charge in [-0.3, -0.25) is 0 Å². The van der Waals surface area contributed by atoms with Crippen LogP contribution in [-0.4, -0.2) is 25.3 Å². The SMILES string of the molecule is C/C=C(\C)C(=O)OC1CCOCC1. The maximum absolute atomic E-state index is 11.3. The zero-order chi connectivity index (χ0) is 9.68. The predicted molar refractivity (Wildman–Crippen MR) is 49.4 cm³/mol. The summed E-state index contributed by atoms with van der Waals surface area (Å²) in [5.41, 5.74) is 0.673. The lowest BCUT2D eigenvalue weighted by Crippen LogP contribution is -2.26. The van der Waals surface area contributed by atoms with Gasteiger partial charge in [-0.2, -0.15) is 0 Å². The number of esters is 1. The Labute approximate surface area is 78.7 Å². The smallest absolute Gasteiger partial charge is 0.333 e. The molecule has 0 amide bonds. The molecule has 1 fully saturated rings. The van der Waals surface area contributed by atoms with Crippen LogP contribution in [-0.2, 0) is 14.3 Å². The van der Waals surface area contributed by atoms with Crippen LogP contribution >= 0.6 is 0 Å². The zero-order valence-electron chi connectivity index (χ0n) is 8.21. The van der Waals surface area contributed by atoms with Gasteiger partial charge in [0.25, 0.3) is 0 Å². The largest absolute Gasteiger partial charge is 0.459 e. The highest BCUT2D eigenvalue weighted by Crippen LogP contribution is 2.12. The lowest BCUT2D eigenvalue weighted by atomic mass is 10.1. The molecule has 74 valence electrons. The van der Waals surface area contributed by atoms with Crippen molar-refractivity contribution in [1.29, 1.82) is 0 Å². The van der Waals surface area contributed by atoms with Crippen molar-refractivity contribution in [2.75, 3.05) is 13.2 Å². The Bertz CT molecular complexity index is 202. The Kier molecular flexibility index (Phi) is 3.96. The van der Waals surface area contributed by atoms with Crippen LogP contribution in [0, 0.1) is 0 Å². The molecule has 1 heterocycles. The van der Waals surface area contributed by atoms with Crippen LogP contribution in [0.2, 0.25) is 0 Å². The quantitative estimate of drug-likeness (QED) is 0.484. The standard InChI is InChI=1S/C10H16O3/c1-3-8(2)10(11)13-9-4-6-12-7-5-9/h3,9H,4-7H2,1-2H3/b8-3+. The maximum atomic E-state index is 11.3. The van der Waals surface area contributed by atoms with Crippen molar-refractivity contribution < 1.29 is 14.3 Å².